The summed E-state index contributed by atoms with van der Waals surface area (Å²) in [6, 6.07) is 3.15. The predicted octanol–water partition coefficient (Wildman–Crippen LogP) is 1.91. The number of hydrogen-bond donors (Lipinski definition) is 2. The van der Waals surface area contributed by atoms with Crippen molar-refractivity contribution in [3.63, 3.8) is 0 Å². The molecule has 7 nitrogen and oxygen atoms in total. The van der Waals surface area contributed by atoms with Crippen molar-refractivity contribution in [1.82, 2.24) is 15.6 Å². The molecule has 124 valence electrons. The van der Waals surface area contributed by atoms with Gasteiger partial charge in [0, 0.05) is 12.0 Å². The quantitative estimate of drug-likeness (QED) is 0.841. The first kappa shape index (κ1) is 16.0. The number of amides is 2. The molecule has 1 saturated heterocycles. The summed E-state index contributed by atoms with van der Waals surface area (Å²) in [7, 11) is 0. The van der Waals surface area contributed by atoms with Crippen LogP contribution in [0.5, 0.6) is 0 Å². The van der Waals surface area contributed by atoms with E-state index in [-0.39, 0.29) is 18.2 Å². The van der Waals surface area contributed by atoms with Crippen molar-refractivity contribution in [1.29, 1.82) is 0 Å². The Morgan fingerprint density at radius 2 is 2.48 bits per heavy atom. The Hall–Kier alpha value is -1.90. The van der Waals surface area contributed by atoms with Gasteiger partial charge in [-0.15, -0.1) is 11.3 Å². The van der Waals surface area contributed by atoms with Gasteiger partial charge in [-0.2, -0.15) is 0 Å². The third-order valence-electron chi connectivity index (χ3n) is 3.54. The van der Waals surface area contributed by atoms with Crippen molar-refractivity contribution in [2.45, 2.75) is 31.7 Å². The Morgan fingerprint density at radius 1 is 1.52 bits per heavy atom. The van der Waals surface area contributed by atoms with Gasteiger partial charge in [0.05, 0.1) is 49.4 Å². The average molecular weight is 337 g/mol. The van der Waals surface area contributed by atoms with Gasteiger partial charge in [-0.3, -0.25) is 0 Å². The number of rotatable bonds is 6. The highest BCUT2D eigenvalue weighted by Gasteiger charge is 2.28. The summed E-state index contributed by atoms with van der Waals surface area (Å²) in [5.74, 6) is 0.705. The summed E-state index contributed by atoms with van der Waals surface area (Å²) in [4.78, 5) is 16.2. The maximum Gasteiger partial charge on any atom is 0.315 e. The summed E-state index contributed by atoms with van der Waals surface area (Å²) in [6.45, 7) is 1.86. The second-order valence-electron chi connectivity index (χ2n) is 5.21. The van der Waals surface area contributed by atoms with Gasteiger partial charge >= 0.3 is 6.03 Å². The Bertz CT molecular complexity index is 588. The molecule has 3 rings (SSSR count). The van der Waals surface area contributed by atoms with Crippen LogP contribution in [0.2, 0.25) is 0 Å². The molecule has 0 bridgehead atoms. The first-order valence-corrected chi connectivity index (χ1v) is 8.38. The minimum Gasteiger partial charge on any atom is -0.467 e. The first-order valence-electron chi connectivity index (χ1n) is 7.44. The fourth-order valence-corrected chi connectivity index (χ4v) is 2.90. The van der Waals surface area contributed by atoms with E-state index < -0.39 is 0 Å². The van der Waals surface area contributed by atoms with Crippen molar-refractivity contribution in [3.8, 4) is 0 Å². The zero-order valence-electron chi connectivity index (χ0n) is 12.6. The third-order valence-corrected chi connectivity index (χ3v) is 4.18. The number of ether oxygens (including phenoxy) is 2. The maximum absolute atomic E-state index is 12.0. The van der Waals surface area contributed by atoms with Gasteiger partial charge < -0.3 is 24.5 Å². The van der Waals surface area contributed by atoms with E-state index in [0.29, 0.717) is 32.1 Å². The Morgan fingerprint density at radius 3 is 3.26 bits per heavy atom. The molecule has 2 unspecified atom stereocenters. The topological polar surface area (TPSA) is 85.6 Å². The van der Waals surface area contributed by atoms with E-state index in [2.05, 4.69) is 15.6 Å². The summed E-state index contributed by atoms with van der Waals surface area (Å²) >= 11 is 1.54. The lowest BCUT2D eigenvalue weighted by atomic mass is 10.1. The molecule has 2 amide bonds. The van der Waals surface area contributed by atoms with Crippen LogP contribution in [0.15, 0.2) is 33.7 Å². The van der Waals surface area contributed by atoms with Gasteiger partial charge in [0.2, 0.25) is 0 Å². The van der Waals surface area contributed by atoms with Crippen LogP contribution in [0.3, 0.4) is 0 Å². The smallest absolute Gasteiger partial charge is 0.315 e. The standard InChI is InChI=1S/C15H19N3O4S/c19-15(16-6-12-2-1-4-21-12)18-13-8-20-5-3-14(13)22-7-11-9-23-10-17-11/h1-2,4,9-10,13-14H,3,5-8H2,(H2,16,18,19). The fourth-order valence-electron chi connectivity index (χ4n) is 2.35. The lowest BCUT2D eigenvalue weighted by Gasteiger charge is -2.31. The molecule has 2 aromatic heterocycles. The zero-order valence-corrected chi connectivity index (χ0v) is 13.4. The first-order chi connectivity index (χ1) is 11.3. The number of nitrogens with zero attached hydrogens (tertiary/aromatic N) is 1. The summed E-state index contributed by atoms with van der Waals surface area (Å²) in [6.07, 6.45) is 2.24. The second kappa shape index (κ2) is 8.09. The zero-order chi connectivity index (χ0) is 15.9. The minimum absolute atomic E-state index is 0.0835. The van der Waals surface area contributed by atoms with Crippen molar-refractivity contribution in [2.75, 3.05) is 13.2 Å². The number of carbonyl (C=O) groups excluding carboxylic acids is 1. The van der Waals surface area contributed by atoms with Crippen LogP contribution in [0.25, 0.3) is 0 Å². The van der Waals surface area contributed by atoms with E-state index in [1.165, 1.54) is 11.3 Å². The van der Waals surface area contributed by atoms with Crippen molar-refractivity contribution < 1.29 is 18.7 Å². The van der Waals surface area contributed by atoms with Crippen LogP contribution in [0, 0.1) is 0 Å². The average Bonchev–Trinajstić information content (AvgIpc) is 3.26. The molecule has 1 aliphatic heterocycles. The minimum atomic E-state index is -0.265. The lowest BCUT2D eigenvalue weighted by Crippen LogP contribution is -2.53. The van der Waals surface area contributed by atoms with E-state index in [0.717, 1.165) is 12.1 Å². The maximum atomic E-state index is 12.0. The highest BCUT2D eigenvalue weighted by atomic mass is 32.1. The normalized spacial score (nSPS) is 21.0. The molecular weight excluding hydrogens is 318 g/mol. The molecule has 1 aliphatic rings. The molecule has 2 N–H and O–H groups in total. The van der Waals surface area contributed by atoms with Crippen LogP contribution in [0.4, 0.5) is 4.79 Å². The van der Waals surface area contributed by atoms with E-state index in [9.17, 15) is 4.79 Å². The SMILES string of the molecule is O=C(NCc1ccco1)NC1COCCC1OCc1cscn1. The molecule has 1 fully saturated rings. The van der Waals surface area contributed by atoms with Gasteiger partial charge in [-0.25, -0.2) is 9.78 Å². The van der Waals surface area contributed by atoms with Gasteiger partial charge in [-0.1, -0.05) is 0 Å². The highest BCUT2D eigenvalue weighted by molar-refractivity contribution is 7.07. The Balaban J connectivity index is 1.46. The molecule has 0 aromatic carbocycles. The molecular formula is C15H19N3O4S. The molecule has 0 spiro atoms. The number of thiazole rings is 1. The molecule has 2 aromatic rings. The molecule has 0 saturated carbocycles. The van der Waals surface area contributed by atoms with Crippen LogP contribution in [0.1, 0.15) is 17.9 Å². The number of carbonyl (C=O) groups is 1. The van der Waals surface area contributed by atoms with Crippen LogP contribution in [-0.2, 0) is 22.6 Å². The molecule has 3 heterocycles. The number of furan rings is 1. The number of aromatic nitrogens is 1. The van der Waals surface area contributed by atoms with Crippen molar-refractivity contribution in [3.05, 3.63) is 40.7 Å². The lowest BCUT2D eigenvalue weighted by molar-refractivity contribution is -0.0602. The highest BCUT2D eigenvalue weighted by Crippen LogP contribution is 2.14. The molecule has 0 aliphatic carbocycles. The van der Waals surface area contributed by atoms with Crippen LogP contribution < -0.4 is 10.6 Å². The fraction of sp³-hybridized carbons (Fsp3) is 0.467. The third kappa shape index (κ3) is 4.78. The van der Waals surface area contributed by atoms with Crippen molar-refractivity contribution >= 4 is 17.4 Å². The summed E-state index contributed by atoms with van der Waals surface area (Å²) in [5, 5.41) is 7.62. The van der Waals surface area contributed by atoms with Crippen molar-refractivity contribution in [2.24, 2.45) is 0 Å². The molecule has 2 atom stereocenters. The largest absolute Gasteiger partial charge is 0.467 e. The Labute approximate surface area is 138 Å². The van der Waals surface area contributed by atoms with Crippen LogP contribution >= 0.6 is 11.3 Å². The van der Waals surface area contributed by atoms with Gasteiger partial charge in [0.1, 0.15) is 5.76 Å². The van der Waals surface area contributed by atoms with E-state index >= 15 is 0 Å². The number of nitrogens with one attached hydrogen (secondary N) is 2. The molecule has 0 radical (unpaired) electrons. The second-order valence-corrected chi connectivity index (χ2v) is 5.92. The van der Waals surface area contributed by atoms with E-state index in [1.807, 2.05) is 11.4 Å². The van der Waals surface area contributed by atoms with Gasteiger partial charge in [-0.05, 0) is 18.6 Å². The Kier molecular flexibility index (Phi) is 5.62. The number of hydrogen-bond acceptors (Lipinski definition) is 6. The van der Waals surface area contributed by atoms with Crippen LogP contribution in [-0.4, -0.2) is 36.4 Å². The predicted molar refractivity (Wildman–Crippen MR) is 84.0 cm³/mol. The van der Waals surface area contributed by atoms with E-state index in [1.54, 1.807) is 17.8 Å². The molecule has 23 heavy (non-hydrogen) atoms. The van der Waals surface area contributed by atoms with Gasteiger partial charge in [0.25, 0.3) is 0 Å². The molecule has 8 heteroatoms. The number of urea groups is 1. The van der Waals surface area contributed by atoms with Gasteiger partial charge in [0.15, 0.2) is 0 Å². The summed E-state index contributed by atoms with van der Waals surface area (Å²) in [5.41, 5.74) is 2.68. The summed E-state index contributed by atoms with van der Waals surface area (Å²) < 4.78 is 16.5. The van der Waals surface area contributed by atoms with E-state index in [4.69, 9.17) is 13.9 Å². The monoisotopic (exact) mass is 337 g/mol.